The number of cyclic esters (lactones) is 1. The lowest BCUT2D eigenvalue weighted by molar-refractivity contribution is -0.137. The molecular formula is C4H7NO2. The Morgan fingerprint density at radius 2 is 2.57 bits per heavy atom. The normalized spacial score (nSPS) is 30.4. The third-order valence-corrected chi connectivity index (χ3v) is 0.887. The van der Waals surface area contributed by atoms with Gasteiger partial charge in [-0.3, -0.25) is 4.79 Å². The topological polar surface area (TPSA) is 52.3 Å². The second-order valence-corrected chi connectivity index (χ2v) is 1.65. The minimum atomic E-state index is -0.174. The van der Waals surface area contributed by atoms with E-state index in [1.165, 1.54) is 0 Å². The Labute approximate surface area is 41.4 Å². The highest BCUT2D eigenvalue weighted by molar-refractivity contribution is 5.72. The molecular weight excluding hydrogens is 94.0 g/mol. The monoisotopic (exact) mass is 101 g/mol. The molecule has 1 atom stereocenters. The van der Waals surface area contributed by atoms with Gasteiger partial charge in [-0.1, -0.05) is 0 Å². The van der Waals surface area contributed by atoms with E-state index in [9.17, 15) is 4.79 Å². The average molecular weight is 101 g/mol. The largest absolute Gasteiger partial charge is 0.464 e. The number of hydrogen-bond donors (Lipinski definition) is 1. The molecule has 3 heteroatoms. The zero-order valence-electron chi connectivity index (χ0n) is 3.89. The zero-order valence-corrected chi connectivity index (χ0v) is 3.89. The van der Waals surface area contributed by atoms with E-state index in [0.717, 1.165) is 0 Å². The number of ether oxygens (including phenoxy) is 1. The van der Waals surface area contributed by atoms with Crippen molar-refractivity contribution in [3.63, 3.8) is 0 Å². The van der Waals surface area contributed by atoms with Gasteiger partial charge in [-0.15, -0.1) is 0 Å². The van der Waals surface area contributed by atoms with E-state index < -0.39 is 0 Å². The van der Waals surface area contributed by atoms with Crippen LogP contribution in [0.15, 0.2) is 0 Å². The zero-order chi connectivity index (χ0) is 5.28. The first kappa shape index (κ1) is 4.59. The van der Waals surface area contributed by atoms with Crippen LogP contribution in [-0.2, 0) is 9.53 Å². The number of carbonyl (C=O) groups is 1. The van der Waals surface area contributed by atoms with Crippen LogP contribution in [0.4, 0.5) is 0 Å². The Hall–Kier alpha value is -0.570. The van der Waals surface area contributed by atoms with Gasteiger partial charge in [-0.2, -0.15) is 0 Å². The Morgan fingerprint density at radius 3 is 2.71 bits per heavy atom. The van der Waals surface area contributed by atoms with Gasteiger partial charge in [-0.25, -0.2) is 0 Å². The van der Waals surface area contributed by atoms with Gasteiger partial charge < -0.3 is 10.5 Å². The van der Waals surface area contributed by atoms with Crippen LogP contribution in [0.5, 0.6) is 0 Å². The van der Waals surface area contributed by atoms with Crippen molar-refractivity contribution in [2.45, 2.75) is 12.5 Å². The highest BCUT2D eigenvalue weighted by atomic mass is 16.5. The van der Waals surface area contributed by atoms with E-state index >= 15 is 0 Å². The summed E-state index contributed by atoms with van der Waals surface area (Å²) in [4.78, 5) is 10.2. The highest BCUT2D eigenvalue weighted by Crippen LogP contribution is 2.00. The van der Waals surface area contributed by atoms with Gasteiger partial charge >= 0.3 is 5.97 Å². The lowest BCUT2D eigenvalue weighted by Gasteiger charge is -1.88. The molecule has 1 aliphatic heterocycles. The van der Waals surface area contributed by atoms with Gasteiger partial charge in [0.15, 0.2) is 0 Å². The summed E-state index contributed by atoms with van der Waals surface area (Å²) >= 11 is 0. The molecule has 1 fully saturated rings. The van der Waals surface area contributed by atoms with Crippen LogP contribution in [0.2, 0.25) is 0 Å². The lowest BCUT2D eigenvalue weighted by Crippen LogP contribution is -2.18. The molecule has 7 heavy (non-hydrogen) atoms. The van der Waals surface area contributed by atoms with Gasteiger partial charge in [0.1, 0.15) is 6.61 Å². The van der Waals surface area contributed by atoms with E-state index in [-0.39, 0.29) is 12.0 Å². The summed E-state index contributed by atoms with van der Waals surface area (Å²) < 4.78 is 4.50. The molecule has 40 valence electrons. The fourth-order valence-corrected chi connectivity index (χ4v) is 0.532. The van der Waals surface area contributed by atoms with Crippen LogP contribution in [0.1, 0.15) is 6.42 Å². The van der Waals surface area contributed by atoms with Crippen molar-refractivity contribution in [2.24, 2.45) is 5.73 Å². The second kappa shape index (κ2) is 1.50. The first-order valence-electron chi connectivity index (χ1n) is 2.20. The van der Waals surface area contributed by atoms with Gasteiger partial charge in [0, 0.05) is 6.04 Å². The first-order valence-corrected chi connectivity index (χ1v) is 2.20. The van der Waals surface area contributed by atoms with Crippen LogP contribution in [0.25, 0.3) is 0 Å². The first-order chi connectivity index (χ1) is 3.29. The minimum Gasteiger partial charge on any atom is -0.464 e. The summed E-state index contributed by atoms with van der Waals surface area (Å²) in [6.45, 7) is 0.402. The minimum absolute atomic E-state index is 0.0486. The Morgan fingerprint density at radius 1 is 1.86 bits per heavy atom. The molecule has 0 radical (unpaired) electrons. The average Bonchev–Trinajstić information content (AvgIpc) is 1.87. The molecule has 0 aromatic carbocycles. The Bertz CT molecular complexity index is 91.7. The molecule has 0 bridgehead atoms. The molecule has 0 unspecified atom stereocenters. The number of rotatable bonds is 0. The summed E-state index contributed by atoms with van der Waals surface area (Å²) in [6, 6.07) is -0.0486. The molecule has 0 amide bonds. The molecule has 1 heterocycles. The Balaban J connectivity index is 2.40. The summed E-state index contributed by atoms with van der Waals surface area (Å²) in [5.74, 6) is -0.174. The summed E-state index contributed by atoms with van der Waals surface area (Å²) in [5, 5.41) is 0. The molecule has 1 saturated heterocycles. The molecule has 0 aromatic rings. The van der Waals surface area contributed by atoms with Crippen LogP contribution in [0, 0.1) is 0 Å². The van der Waals surface area contributed by atoms with E-state index in [0.29, 0.717) is 13.0 Å². The number of hydrogen-bond acceptors (Lipinski definition) is 3. The van der Waals surface area contributed by atoms with Gasteiger partial charge in [0.05, 0.1) is 6.42 Å². The van der Waals surface area contributed by atoms with Gasteiger partial charge in [-0.05, 0) is 0 Å². The Kier molecular flexibility index (Phi) is 0.982. The van der Waals surface area contributed by atoms with Crippen LogP contribution in [-0.4, -0.2) is 18.6 Å². The van der Waals surface area contributed by atoms with Crippen molar-refractivity contribution in [3.05, 3.63) is 0 Å². The molecule has 1 aliphatic rings. The second-order valence-electron chi connectivity index (χ2n) is 1.65. The van der Waals surface area contributed by atoms with Crippen molar-refractivity contribution in [3.8, 4) is 0 Å². The van der Waals surface area contributed by atoms with E-state index in [1.54, 1.807) is 0 Å². The molecule has 3 nitrogen and oxygen atoms in total. The van der Waals surface area contributed by atoms with Crippen molar-refractivity contribution >= 4 is 5.97 Å². The molecule has 0 saturated carbocycles. The predicted octanol–water partition coefficient (Wildman–Crippen LogP) is -0.739. The molecule has 2 N–H and O–H groups in total. The summed E-state index contributed by atoms with van der Waals surface area (Å²) in [5.41, 5.74) is 5.28. The van der Waals surface area contributed by atoms with Gasteiger partial charge in [0.2, 0.25) is 0 Å². The number of esters is 1. The third kappa shape index (κ3) is 0.899. The van der Waals surface area contributed by atoms with Gasteiger partial charge in [0.25, 0.3) is 0 Å². The maximum absolute atomic E-state index is 10.2. The standard InChI is InChI=1S/C4H7NO2/c5-3-1-4(6)7-2-3/h3H,1-2,5H2/t3-/m0/s1. The highest BCUT2D eigenvalue weighted by Gasteiger charge is 2.18. The third-order valence-electron chi connectivity index (χ3n) is 0.887. The molecule has 1 rings (SSSR count). The summed E-state index contributed by atoms with van der Waals surface area (Å²) in [7, 11) is 0. The fraction of sp³-hybridized carbons (Fsp3) is 0.750. The quantitative estimate of drug-likeness (QED) is 0.409. The van der Waals surface area contributed by atoms with Crippen LogP contribution in [0.3, 0.4) is 0 Å². The maximum Gasteiger partial charge on any atom is 0.307 e. The maximum atomic E-state index is 10.2. The van der Waals surface area contributed by atoms with Crippen LogP contribution < -0.4 is 5.73 Å². The molecule has 0 spiro atoms. The van der Waals surface area contributed by atoms with Crippen molar-refractivity contribution < 1.29 is 9.53 Å². The smallest absolute Gasteiger partial charge is 0.307 e. The SMILES string of the molecule is N[C@@H]1COC(=O)C1. The van der Waals surface area contributed by atoms with E-state index in [2.05, 4.69) is 4.74 Å². The predicted molar refractivity (Wildman–Crippen MR) is 23.6 cm³/mol. The van der Waals surface area contributed by atoms with Crippen molar-refractivity contribution in [1.82, 2.24) is 0 Å². The fourth-order valence-electron chi connectivity index (χ4n) is 0.532. The van der Waals surface area contributed by atoms with E-state index in [1.807, 2.05) is 0 Å². The summed E-state index contributed by atoms with van der Waals surface area (Å²) in [6.07, 6.45) is 0.389. The van der Waals surface area contributed by atoms with Crippen molar-refractivity contribution in [2.75, 3.05) is 6.61 Å². The van der Waals surface area contributed by atoms with E-state index in [4.69, 9.17) is 5.73 Å². The number of nitrogens with two attached hydrogens (primary N) is 1. The van der Waals surface area contributed by atoms with Crippen LogP contribution >= 0.6 is 0 Å². The van der Waals surface area contributed by atoms with Crippen molar-refractivity contribution in [1.29, 1.82) is 0 Å². The lowest BCUT2D eigenvalue weighted by atomic mass is 10.3. The number of carbonyl (C=O) groups excluding carboxylic acids is 1. The molecule has 0 aromatic heterocycles. The molecule has 0 aliphatic carbocycles.